The first kappa shape index (κ1) is 48.3. The summed E-state index contributed by atoms with van der Waals surface area (Å²) in [6.45, 7) is 24.2. The minimum absolute atomic E-state index is 0.0315. The Hall–Kier alpha value is -4.73. The molecular weight excluding hydrogens is 714 g/mol. The van der Waals surface area contributed by atoms with E-state index in [-0.39, 0.29) is 71.2 Å². The fourth-order valence-electron chi connectivity index (χ4n) is 6.57. The molecule has 0 radical (unpaired) electrons. The number of hydrogen-bond donors (Lipinski definition) is 0. The van der Waals surface area contributed by atoms with Gasteiger partial charge in [-0.15, -0.1) is 0 Å². The molecule has 2 aliphatic heterocycles. The Morgan fingerprint density at radius 1 is 0.618 bits per heavy atom. The lowest BCUT2D eigenvalue weighted by Gasteiger charge is -2.46. The van der Waals surface area contributed by atoms with Crippen molar-refractivity contribution in [2.75, 3.05) is 6.54 Å². The molecule has 2 aliphatic rings. The van der Waals surface area contributed by atoms with Crippen LogP contribution in [0.15, 0.2) is 48.5 Å². The molecule has 0 aliphatic carbocycles. The molecule has 4 rings (SSSR count). The summed E-state index contributed by atoms with van der Waals surface area (Å²) in [5, 5.41) is 0. The summed E-state index contributed by atoms with van der Waals surface area (Å²) in [5.74, 6) is -0.440. The topological polar surface area (TPSA) is 144 Å². The van der Waals surface area contributed by atoms with Crippen molar-refractivity contribution in [2.45, 2.75) is 144 Å². The third kappa shape index (κ3) is 16.3. The van der Waals surface area contributed by atoms with E-state index in [2.05, 4.69) is 20.8 Å². The van der Waals surface area contributed by atoms with Crippen molar-refractivity contribution < 1.29 is 51.8 Å². The molecule has 0 saturated carbocycles. The molecule has 304 valence electrons. The lowest BCUT2D eigenvalue weighted by Crippen LogP contribution is -2.55. The fourth-order valence-corrected chi connectivity index (χ4v) is 6.57. The van der Waals surface area contributed by atoms with E-state index in [1.807, 2.05) is 58.6 Å². The summed E-state index contributed by atoms with van der Waals surface area (Å²) in [6, 6.07) is 12.8. The second-order valence-electron chi connectivity index (χ2n) is 17.8. The van der Waals surface area contributed by atoms with Gasteiger partial charge in [0, 0.05) is 25.0 Å². The van der Waals surface area contributed by atoms with Crippen molar-refractivity contribution in [3.63, 3.8) is 0 Å². The van der Waals surface area contributed by atoms with E-state index < -0.39 is 17.3 Å². The maximum atomic E-state index is 13.2. The van der Waals surface area contributed by atoms with Gasteiger partial charge in [-0.2, -0.15) is 19.2 Å². The first-order valence-electron chi connectivity index (χ1n) is 18.2. The molecule has 3 amide bonds. The molecule has 13 heteroatoms. The number of benzene rings is 2. The van der Waals surface area contributed by atoms with Gasteiger partial charge in [-0.3, -0.25) is 4.79 Å². The molecule has 2 saturated heterocycles. The van der Waals surface area contributed by atoms with Crippen LogP contribution in [0.5, 0.6) is 0 Å². The van der Waals surface area contributed by atoms with Gasteiger partial charge in [-0.25, -0.2) is 23.3 Å². The molecule has 0 aromatic heterocycles. The van der Waals surface area contributed by atoms with Gasteiger partial charge in [0.15, 0.2) is 0 Å². The third-order valence-electron chi connectivity index (χ3n) is 9.01. The summed E-state index contributed by atoms with van der Waals surface area (Å²) in [6.07, 6.45) is 2.28. The van der Waals surface area contributed by atoms with Crippen molar-refractivity contribution in [3.05, 3.63) is 71.3 Å². The Labute approximate surface area is 324 Å². The number of hydrogen-bond acceptors (Lipinski definition) is 9. The Bertz CT molecular complexity index is 1610. The monoisotopic (exact) mass is 772 g/mol. The zero-order valence-corrected chi connectivity index (χ0v) is 34.3. The average molecular weight is 773 g/mol. The van der Waals surface area contributed by atoms with Crippen LogP contribution in [0, 0.1) is 22.5 Å². The molecule has 0 N–H and O–H groups in total. The van der Waals surface area contributed by atoms with Crippen molar-refractivity contribution in [3.8, 4) is 0 Å². The van der Waals surface area contributed by atoms with Crippen LogP contribution in [0.3, 0.4) is 0 Å². The third-order valence-corrected chi connectivity index (χ3v) is 9.01. The van der Waals surface area contributed by atoms with E-state index in [0.717, 1.165) is 24.0 Å². The lowest BCUT2D eigenvalue weighted by molar-refractivity contribution is -0.193. The van der Waals surface area contributed by atoms with Gasteiger partial charge in [0.2, 0.25) is 5.91 Å². The average Bonchev–Trinajstić information content (AvgIpc) is 3.03. The number of carbonyl (C=O) groups is 3. The molecule has 2 aromatic rings. The predicted octanol–water partition coefficient (Wildman–Crippen LogP) is 9.07. The van der Waals surface area contributed by atoms with Crippen molar-refractivity contribution in [2.24, 2.45) is 10.8 Å². The van der Waals surface area contributed by atoms with Gasteiger partial charge in [-0.05, 0) is 119 Å². The SMILES string of the molecule is CC(C)(C)OC(=O)N1C(=O)C[C@H](c2ccc(F)cc2)C[C@@H]1C(C)(C)C.CC(C)(C)OC(=O)N1CC[C@H](c2ccc(F)cc2)C[C@@H]1C(C)(C)C.O=C=O.O=C=O. The molecule has 11 nitrogen and oxygen atoms in total. The smallest absolute Gasteiger partial charge is 0.417 e. The Morgan fingerprint density at radius 3 is 1.36 bits per heavy atom. The molecule has 2 heterocycles. The van der Waals surface area contributed by atoms with Crippen molar-refractivity contribution in [1.29, 1.82) is 0 Å². The number of carbonyl (C=O) groups excluding carboxylic acids is 7. The van der Waals surface area contributed by atoms with Gasteiger partial charge in [-0.1, -0.05) is 65.8 Å². The summed E-state index contributed by atoms with van der Waals surface area (Å²) in [5.41, 5.74) is 0.587. The number of imide groups is 1. The first-order chi connectivity index (χ1) is 25.2. The molecule has 2 fully saturated rings. The zero-order chi connectivity index (χ0) is 42.5. The highest BCUT2D eigenvalue weighted by atomic mass is 19.1. The highest BCUT2D eigenvalue weighted by Crippen LogP contribution is 2.41. The van der Waals surface area contributed by atoms with Crippen LogP contribution >= 0.6 is 0 Å². The molecule has 2 aromatic carbocycles. The van der Waals surface area contributed by atoms with Gasteiger partial charge < -0.3 is 14.4 Å². The minimum Gasteiger partial charge on any atom is -0.444 e. The van der Waals surface area contributed by atoms with Gasteiger partial charge in [0.25, 0.3) is 0 Å². The largest absolute Gasteiger partial charge is 0.444 e. The minimum atomic E-state index is -0.659. The highest BCUT2D eigenvalue weighted by Gasteiger charge is 2.45. The van der Waals surface area contributed by atoms with Crippen LogP contribution in [-0.2, 0) is 33.4 Å². The Kier molecular flexibility index (Phi) is 17.8. The quantitative estimate of drug-likeness (QED) is 0.292. The van der Waals surface area contributed by atoms with E-state index >= 15 is 0 Å². The second kappa shape index (κ2) is 20.3. The van der Waals surface area contributed by atoms with Crippen LogP contribution in [0.1, 0.15) is 132 Å². The second-order valence-corrected chi connectivity index (χ2v) is 17.8. The lowest BCUT2D eigenvalue weighted by atomic mass is 9.75. The maximum absolute atomic E-state index is 13.2. The number of likely N-dealkylation sites (tertiary alicyclic amines) is 2. The molecule has 0 unspecified atom stereocenters. The van der Waals surface area contributed by atoms with Crippen LogP contribution in [-0.4, -0.2) is 70.0 Å². The first-order valence-corrected chi connectivity index (χ1v) is 18.2. The summed E-state index contributed by atoms with van der Waals surface area (Å²) in [4.78, 5) is 73.7. The Balaban J connectivity index is 0.000000481. The molecule has 4 atom stereocenters. The predicted molar refractivity (Wildman–Crippen MR) is 199 cm³/mol. The number of rotatable bonds is 2. The molecule has 0 spiro atoms. The van der Waals surface area contributed by atoms with E-state index in [1.54, 1.807) is 32.9 Å². The van der Waals surface area contributed by atoms with Crippen molar-refractivity contribution >= 4 is 30.4 Å². The highest BCUT2D eigenvalue weighted by molar-refractivity contribution is 5.93. The van der Waals surface area contributed by atoms with Crippen LogP contribution in [0.25, 0.3) is 0 Å². The number of ether oxygens (including phenoxy) is 2. The van der Waals surface area contributed by atoms with Crippen molar-refractivity contribution in [1.82, 2.24) is 9.80 Å². The van der Waals surface area contributed by atoms with E-state index in [1.165, 1.54) is 29.2 Å². The van der Waals surface area contributed by atoms with E-state index in [9.17, 15) is 23.2 Å². The van der Waals surface area contributed by atoms with Crippen LogP contribution < -0.4 is 0 Å². The van der Waals surface area contributed by atoms with Gasteiger partial charge in [0.1, 0.15) is 22.8 Å². The number of amides is 3. The summed E-state index contributed by atoms with van der Waals surface area (Å²) < 4.78 is 37.4. The fraction of sp³-hybridized carbons (Fsp3) is 0.595. The van der Waals surface area contributed by atoms with Gasteiger partial charge >= 0.3 is 24.5 Å². The zero-order valence-electron chi connectivity index (χ0n) is 34.3. The van der Waals surface area contributed by atoms with Gasteiger partial charge in [0.05, 0.1) is 0 Å². The maximum Gasteiger partial charge on any atom is 0.417 e. The van der Waals surface area contributed by atoms with E-state index in [4.69, 9.17) is 28.7 Å². The summed E-state index contributed by atoms with van der Waals surface area (Å²) >= 11 is 0. The standard InChI is InChI=1S/C20H28FNO3.C20H30FNO2.2CO2/c1-19(2,3)16-11-14(13-7-9-15(21)10-8-13)12-17(23)22(16)18(24)25-20(4,5)6;1-19(2,3)17-13-15(14-7-9-16(21)10-8-14)11-12-22(17)18(23)24-20(4,5)6;2*2-1-3/h7-10,14,16H,11-12H2,1-6H3;7-10,15,17H,11-13H2,1-6H3;;/t14-,16-;15-,17+;;/m10../s1. The normalized spacial score (nSPS) is 20.1. The molecule has 0 bridgehead atoms. The number of nitrogens with zero attached hydrogens (tertiary/aromatic N) is 2. The van der Waals surface area contributed by atoms with Crippen LogP contribution in [0.4, 0.5) is 18.4 Å². The number of halogens is 2. The number of piperidine rings is 2. The molecule has 55 heavy (non-hydrogen) atoms. The van der Waals surface area contributed by atoms with Crippen LogP contribution in [0.2, 0.25) is 0 Å². The van der Waals surface area contributed by atoms with E-state index in [0.29, 0.717) is 18.9 Å². The summed E-state index contributed by atoms with van der Waals surface area (Å²) in [7, 11) is 0. The Morgan fingerprint density at radius 2 is 0.982 bits per heavy atom. The molecular formula is C42H58F2N2O9.